The lowest BCUT2D eigenvalue weighted by Gasteiger charge is -2.29. The van der Waals surface area contributed by atoms with E-state index in [1.165, 1.54) is 0 Å². The summed E-state index contributed by atoms with van der Waals surface area (Å²) >= 11 is 5.89. The number of Topliss-reactive ketones (excluding diaryl/α,β-unsaturated/α-hetero) is 1. The lowest BCUT2D eigenvalue weighted by atomic mass is 10.1. The Morgan fingerprint density at radius 1 is 1.04 bits per heavy atom. The summed E-state index contributed by atoms with van der Waals surface area (Å²) in [5.74, 6) is -0.274. The average Bonchev–Trinajstić information content (AvgIpc) is 2.67. The molecule has 3 rings (SSSR count). The van der Waals surface area contributed by atoms with Crippen LogP contribution >= 0.6 is 11.6 Å². The molecule has 1 fully saturated rings. The van der Waals surface area contributed by atoms with E-state index in [4.69, 9.17) is 16.3 Å². The van der Waals surface area contributed by atoms with Gasteiger partial charge >= 0.3 is 0 Å². The molecule has 1 N–H and O–H groups in total. The minimum Gasteiger partial charge on any atom is -0.378 e. The van der Waals surface area contributed by atoms with Crippen LogP contribution in [0.15, 0.2) is 48.5 Å². The number of ether oxygens (including phenoxy) is 1. The summed E-state index contributed by atoms with van der Waals surface area (Å²) in [6.45, 7) is 3.10. The molecule has 0 saturated carbocycles. The molecule has 1 heterocycles. The Labute approximate surface area is 157 Å². The Balaban J connectivity index is 1.54. The SMILES string of the molecule is O=C(CCC(=O)c1cccc(Cl)c1)Nc1cccc(N2CCOCC2)c1. The van der Waals surface area contributed by atoms with Crippen molar-refractivity contribution in [1.82, 2.24) is 0 Å². The van der Waals surface area contributed by atoms with Gasteiger partial charge in [-0.2, -0.15) is 0 Å². The van der Waals surface area contributed by atoms with Gasteiger partial charge in [0.1, 0.15) is 0 Å². The van der Waals surface area contributed by atoms with E-state index in [0.29, 0.717) is 23.8 Å². The van der Waals surface area contributed by atoms with Crippen LogP contribution in [0.1, 0.15) is 23.2 Å². The number of anilines is 2. The predicted octanol–water partition coefficient (Wildman–Crippen LogP) is 3.78. The smallest absolute Gasteiger partial charge is 0.224 e. The van der Waals surface area contributed by atoms with Crippen molar-refractivity contribution in [2.75, 3.05) is 36.5 Å². The van der Waals surface area contributed by atoms with Gasteiger partial charge in [-0.1, -0.05) is 29.8 Å². The van der Waals surface area contributed by atoms with Gasteiger partial charge in [-0.25, -0.2) is 0 Å². The molecule has 1 amide bonds. The second-order valence-corrected chi connectivity index (χ2v) is 6.57. The molecule has 0 radical (unpaired) electrons. The molecule has 26 heavy (non-hydrogen) atoms. The standard InChI is InChI=1S/C20H21ClN2O3/c21-16-4-1-3-15(13-16)19(24)7-8-20(25)22-17-5-2-6-18(14-17)23-9-11-26-12-10-23/h1-6,13-14H,7-12H2,(H,22,25). The highest BCUT2D eigenvalue weighted by Crippen LogP contribution is 2.21. The summed E-state index contributed by atoms with van der Waals surface area (Å²) in [6.07, 6.45) is 0.280. The molecule has 1 aliphatic rings. The molecule has 136 valence electrons. The lowest BCUT2D eigenvalue weighted by Crippen LogP contribution is -2.36. The maximum atomic E-state index is 12.2. The normalized spacial score (nSPS) is 14.1. The molecule has 1 aliphatic heterocycles. The van der Waals surface area contributed by atoms with Gasteiger partial charge in [0.15, 0.2) is 5.78 Å². The first-order valence-electron chi connectivity index (χ1n) is 8.63. The fourth-order valence-corrected chi connectivity index (χ4v) is 3.05. The highest BCUT2D eigenvalue weighted by atomic mass is 35.5. The van der Waals surface area contributed by atoms with Gasteiger partial charge < -0.3 is 15.0 Å². The third-order valence-corrected chi connectivity index (χ3v) is 4.47. The Morgan fingerprint density at radius 2 is 1.81 bits per heavy atom. The first-order valence-corrected chi connectivity index (χ1v) is 9.01. The molecular weight excluding hydrogens is 352 g/mol. The van der Waals surface area contributed by atoms with Crippen molar-refractivity contribution in [1.29, 1.82) is 0 Å². The summed E-state index contributed by atoms with van der Waals surface area (Å²) in [5, 5.41) is 3.38. The minimum absolute atomic E-state index is 0.0929. The summed E-state index contributed by atoms with van der Waals surface area (Å²) in [4.78, 5) is 26.6. The summed E-state index contributed by atoms with van der Waals surface area (Å²) in [7, 11) is 0. The van der Waals surface area contributed by atoms with Crippen LogP contribution in [0.5, 0.6) is 0 Å². The number of hydrogen-bond donors (Lipinski definition) is 1. The lowest BCUT2D eigenvalue weighted by molar-refractivity contribution is -0.116. The molecule has 0 unspecified atom stereocenters. The van der Waals surface area contributed by atoms with Gasteiger partial charge in [-0.05, 0) is 30.3 Å². The number of rotatable bonds is 6. The number of amides is 1. The minimum atomic E-state index is -0.181. The van der Waals surface area contributed by atoms with Crippen molar-refractivity contribution < 1.29 is 14.3 Å². The van der Waals surface area contributed by atoms with E-state index in [-0.39, 0.29) is 24.5 Å². The van der Waals surface area contributed by atoms with Crippen molar-refractivity contribution in [2.45, 2.75) is 12.8 Å². The zero-order valence-corrected chi connectivity index (χ0v) is 15.2. The number of carbonyl (C=O) groups is 2. The monoisotopic (exact) mass is 372 g/mol. The summed E-state index contributed by atoms with van der Waals surface area (Å²) < 4.78 is 5.36. The highest BCUT2D eigenvalue weighted by Gasteiger charge is 2.13. The van der Waals surface area contributed by atoms with Crippen molar-refractivity contribution in [3.8, 4) is 0 Å². The van der Waals surface area contributed by atoms with E-state index >= 15 is 0 Å². The molecule has 1 saturated heterocycles. The maximum absolute atomic E-state index is 12.2. The van der Waals surface area contributed by atoms with E-state index in [2.05, 4.69) is 10.2 Å². The van der Waals surface area contributed by atoms with Crippen LogP contribution in [-0.2, 0) is 9.53 Å². The largest absolute Gasteiger partial charge is 0.378 e. The Hall–Kier alpha value is -2.37. The molecule has 2 aromatic carbocycles. The van der Waals surface area contributed by atoms with Crippen molar-refractivity contribution in [3.05, 3.63) is 59.1 Å². The second kappa shape index (κ2) is 8.83. The van der Waals surface area contributed by atoms with Crippen molar-refractivity contribution in [3.63, 3.8) is 0 Å². The number of benzene rings is 2. The summed E-state index contributed by atoms with van der Waals surface area (Å²) in [5.41, 5.74) is 2.31. The van der Waals surface area contributed by atoms with Crippen LogP contribution < -0.4 is 10.2 Å². The highest BCUT2D eigenvalue weighted by molar-refractivity contribution is 6.31. The van der Waals surface area contributed by atoms with Crippen LogP contribution in [0.2, 0.25) is 5.02 Å². The Kier molecular flexibility index (Phi) is 6.26. The summed E-state index contributed by atoms with van der Waals surface area (Å²) in [6, 6.07) is 14.5. The number of hydrogen-bond acceptors (Lipinski definition) is 4. The molecule has 6 heteroatoms. The number of ketones is 1. The van der Waals surface area contributed by atoms with Crippen LogP contribution in [0.4, 0.5) is 11.4 Å². The van der Waals surface area contributed by atoms with Gasteiger partial charge in [0.05, 0.1) is 13.2 Å². The van der Waals surface area contributed by atoms with Gasteiger partial charge in [-0.3, -0.25) is 9.59 Å². The van der Waals surface area contributed by atoms with E-state index in [0.717, 1.165) is 24.5 Å². The van der Waals surface area contributed by atoms with Gasteiger partial charge in [0, 0.05) is 47.9 Å². The quantitative estimate of drug-likeness (QED) is 0.784. The van der Waals surface area contributed by atoms with Crippen LogP contribution in [0, 0.1) is 0 Å². The average molecular weight is 373 g/mol. The van der Waals surface area contributed by atoms with Crippen molar-refractivity contribution >= 4 is 34.7 Å². The molecule has 0 spiro atoms. The zero-order chi connectivity index (χ0) is 18.4. The zero-order valence-electron chi connectivity index (χ0n) is 14.4. The number of nitrogens with one attached hydrogen (secondary N) is 1. The molecule has 0 bridgehead atoms. The third-order valence-electron chi connectivity index (χ3n) is 4.23. The van der Waals surface area contributed by atoms with Gasteiger partial charge in [0.25, 0.3) is 0 Å². The topological polar surface area (TPSA) is 58.6 Å². The van der Waals surface area contributed by atoms with E-state index in [1.54, 1.807) is 24.3 Å². The Bertz CT molecular complexity index is 788. The molecule has 0 aliphatic carbocycles. The number of carbonyl (C=O) groups excluding carboxylic acids is 2. The van der Waals surface area contributed by atoms with E-state index in [9.17, 15) is 9.59 Å². The molecule has 0 aromatic heterocycles. The first kappa shape index (κ1) is 18.4. The maximum Gasteiger partial charge on any atom is 0.224 e. The van der Waals surface area contributed by atoms with Gasteiger partial charge in [-0.15, -0.1) is 0 Å². The first-order chi connectivity index (χ1) is 12.6. The fraction of sp³-hybridized carbons (Fsp3) is 0.300. The molecule has 2 aromatic rings. The van der Waals surface area contributed by atoms with Crippen LogP contribution in [0.25, 0.3) is 0 Å². The molecular formula is C20H21ClN2O3. The fourth-order valence-electron chi connectivity index (χ4n) is 2.86. The van der Waals surface area contributed by atoms with Gasteiger partial charge in [0.2, 0.25) is 5.91 Å². The molecule has 5 nitrogen and oxygen atoms in total. The van der Waals surface area contributed by atoms with Crippen LogP contribution in [-0.4, -0.2) is 38.0 Å². The van der Waals surface area contributed by atoms with Crippen molar-refractivity contribution in [2.24, 2.45) is 0 Å². The number of nitrogens with zero attached hydrogens (tertiary/aromatic N) is 1. The molecule has 0 atom stereocenters. The number of halogens is 1. The van der Waals surface area contributed by atoms with Crippen LogP contribution in [0.3, 0.4) is 0 Å². The second-order valence-electron chi connectivity index (χ2n) is 6.13. The van der Waals surface area contributed by atoms with E-state index in [1.807, 2.05) is 24.3 Å². The number of morpholine rings is 1. The Morgan fingerprint density at radius 3 is 2.58 bits per heavy atom. The van der Waals surface area contributed by atoms with E-state index < -0.39 is 0 Å². The third kappa shape index (κ3) is 5.07. The predicted molar refractivity (Wildman–Crippen MR) is 103 cm³/mol.